The summed E-state index contributed by atoms with van der Waals surface area (Å²) in [5.41, 5.74) is -0.677. The maximum Gasteiger partial charge on any atom is 0.407 e. The molecule has 2 aliphatic heterocycles. The summed E-state index contributed by atoms with van der Waals surface area (Å²) in [6.07, 6.45) is -3.10. The van der Waals surface area contributed by atoms with E-state index >= 15 is 0 Å². The number of rotatable bonds is 5. The second-order valence-electron chi connectivity index (χ2n) is 7.80. The molecule has 150 valence electrons. The molecule has 0 aromatic carbocycles. The van der Waals surface area contributed by atoms with Crippen LogP contribution in [0.15, 0.2) is 0 Å². The van der Waals surface area contributed by atoms with Gasteiger partial charge in [-0.1, -0.05) is 0 Å². The van der Waals surface area contributed by atoms with E-state index < -0.39 is 54.1 Å². The van der Waals surface area contributed by atoms with Gasteiger partial charge in [-0.2, -0.15) is 0 Å². The van der Waals surface area contributed by atoms with E-state index in [1.54, 1.807) is 34.6 Å². The number of methoxy groups -OCH3 is 2. The Bertz CT molecular complexity index is 529. The lowest BCUT2D eigenvalue weighted by Crippen LogP contribution is -2.52. The second-order valence-corrected chi connectivity index (χ2v) is 7.80. The lowest BCUT2D eigenvalue weighted by atomic mass is 10.0. The Labute approximate surface area is 153 Å². The predicted octanol–water partition coefficient (Wildman–Crippen LogP) is 1.33. The molecule has 0 aliphatic carbocycles. The number of nitrogens with one attached hydrogen (secondary N) is 1. The topological polar surface area (TPSA) is 102 Å². The minimum Gasteiger partial charge on any atom is -0.469 e. The van der Waals surface area contributed by atoms with Gasteiger partial charge in [0, 0.05) is 7.11 Å². The molecule has 1 N–H and O–H groups in total. The van der Waals surface area contributed by atoms with E-state index in [9.17, 15) is 9.59 Å². The minimum absolute atomic E-state index is 0.108. The summed E-state index contributed by atoms with van der Waals surface area (Å²) in [6, 6.07) is -0.733. The van der Waals surface area contributed by atoms with Gasteiger partial charge in [0.25, 0.3) is 0 Å². The minimum atomic E-state index is -0.798. The van der Waals surface area contributed by atoms with E-state index in [4.69, 9.17) is 28.4 Å². The molecule has 9 heteroatoms. The Morgan fingerprint density at radius 2 is 1.85 bits per heavy atom. The molecular weight excluding hydrogens is 346 g/mol. The molecule has 5 atom stereocenters. The molecule has 0 bridgehead atoms. The van der Waals surface area contributed by atoms with Crippen LogP contribution in [0.25, 0.3) is 0 Å². The summed E-state index contributed by atoms with van der Waals surface area (Å²) >= 11 is 0. The quantitative estimate of drug-likeness (QED) is 0.718. The molecule has 0 saturated carbocycles. The van der Waals surface area contributed by atoms with Crippen LogP contribution < -0.4 is 5.32 Å². The zero-order valence-corrected chi connectivity index (χ0v) is 16.4. The largest absolute Gasteiger partial charge is 0.469 e. The molecule has 2 aliphatic rings. The van der Waals surface area contributed by atoms with Crippen LogP contribution in [0.3, 0.4) is 0 Å². The van der Waals surface area contributed by atoms with Gasteiger partial charge in [-0.3, -0.25) is 4.79 Å². The first kappa shape index (κ1) is 20.9. The molecule has 2 rings (SSSR count). The first-order valence-corrected chi connectivity index (χ1v) is 8.56. The van der Waals surface area contributed by atoms with Crippen molar-refractivity contribution in [3.63, 3.8) is 0 Å². The highest BCUT2D eigenvalue weighted by Gasteiger charge is 2.57. The van der Waals surface area contributed by atoms with Crippen LogP contribution in [0.1, 0.15) is 41.0 Å². The molecule has 0 radical (unpaired) electrons. The van der Waals surface area contributed by atoms with Crippen LogP contribution in [-0.2, 0) is 33.2 Å². The van der Waals surface area contributed by atoms with Crippen LogP contribution in [0.4, 0.5) is 4.79 Å². The monoisotopic (exact) mass is 375 g/mol. The van der Waals surface area contributed by atoms with Gasteiger partial charge in [-0.15, -0.1) is 0 Å². The first-order chi connectivity index (χ1) is 12.0. The highest BCUT2D eigenvalue weighted by Crippen LogP contribution is 2.39. The van der Waals surface area contributed by atoms with Crippen molar-refractivity contribution >= 4 is 12.1 Å². The summed E-state index contributed by atoms with van der Waals surface area (Å²) in [4.78, 5) is 24.0. The molecule has 0 aromatic rings. The van der Waals surface area contributed by atoms with E-state index in [-0.39, 0.29) is 6.42 Å². The molecule has 2 fully saturated rings. The van der Waals surface area contributed by atoms with E-state index in [0.29, 0.717) is 0 Å². The van der Waals surface area contributed by atoms with Crippen molar-refractivity contribution in [1.29, 1.82) is 0 Å². The van der Waals surface area contributed by atoms with Gasteiger partial charge in [-0.25, -0.2) is 4.79 Å². The number of hydrogen-bond donors (Lipinski definition) is 1. The van der Waals surface area contributed by atoms with Gasteiger partial charge in [-0.05, 0) is 34.6 Å². The van der Waals surface area contributed by atoms with Crippen LogP contribution >= 0.6 is 0 Å². The maximum absolute atomic E-state index is 12.2. The molecule has 0 unspecified atom stereocenters. The lowest BCUT2D eigenvalue weighted by Gasteiger charge is -2.31. The number of hydrogen-bond acceptors (Lipinski definition) is 8. The number of carbonyl (C=O) groups is 2. The van der Waals surface area contributed by atoms with Crippen LogP contribution in [0.2, 0.25) is 0 Å². The number of esters is 1. The third-order valence-electron chi connectivity index (χ3n) is 4.01. The van der Waals surface area contributed by atoms with E-state index in [1.807, 2.05) is 0 Å². The molecule has 0 spiro atoms. The predicted molar refractivity (Wildman–Crippen MR) is 89.3 cm³/mol. The molecule has 1 amide bonds. The zero-order chi connectivity index (χ0) is 19.7. The summed E-state index contributed by atoms with van der Waals surface area (Å²) in [5.74, 6) is -1.29. The Balaban J connectivity index is 2.14. The maximum atomic E-state index is 12.2. The smallest absolute Gasteiger partial charge is 0.407 e. The number of ether oxygens (including phenoxy) is 6. The number of amides is 1. The summed E-state index contributed by atoms with van der Waals surface area (Å²) < 4.78 is 33.0. The fraction of sp³-hybridized carbons (Fsp3) is 0.882. The number of alkyl carbamates (subject to hydrolysis) is 1. The molecule has 2 heterocycles. The van der Waals surface area contributed by atoms with E-state index in [2.05, 4.69) is 5.32 Å². The fourth-order valence-corrected chi connectivity index (χ4v) is 3.07. The Kier molecular flexibility index (Phi) is 6.17. The molecule has 2 saturated heterocycles. The third-order valence-corrected chi connectivity index (χ3v) is 4.01. The lowest BCUT2D eigenvalue weighted by molar-refractivity contribution is -0.220. The van der Waals surface area contributed by atoms with Crippen LogP contribution in [-0.4, -0.2) is 68.3 Å². The van der Waals surface area contributed by atoms with Gasteiger partial charge in [0.05, 0.1) is 19.6 Å². The van der Waals surface area contributed by atoms with Crippen molar-refractivity contribution < 1.29 is 38.0 Å². The number of fused-ring (bicyclic) bond motifs is 1. The van der Waals surface area contributed by atoms with Crippen molar-refractivity contribution in [1.82, 2.24) is 5.32 Å². The Hall–Kier alpha value is -1.42. The molecular formula is C17H29NO8. The first-order valence-electron chi connectivity index (χ1n) is 8.56. The third kappa shape index (κ3) is 5.06. The van der Waals surface area contributed by atoms with Gasteiger partial charge in [0.2, 0.25) is 0 Å². The second kappa shape index (κ2) is 7.67. The van der Waals surface area contributed by atoms with Crippen molar-refractivity contribution in [3.05, 3.63) is 0 Å². The standard InChI is InChI=1S/C17H29NO8/c1-16(2,3)26-15(20)18-9(8-10(19)21-6)11-12(22-7)13-14(23-11)25-17(4,5)24-13/h9,11-14H,8H2,1-7H3,(H,18,20)/t9-,11+,12+,13+,14+/m0/s1. The highest BCUT2D eigenvalue weighted by atomic mass is 16.8. The normalized spacial score (nSPS) is 31.2. The zero-order valence-electron chi connectivity index (χ0n) is 16.4. The van der Waals surface area contributed by atoms with Gasteiger partial charge >= 0.3 is 12.1 Å². The van der Waals surface area contributed by atoms with E-state index in [0.717, 1.165) is 0 Å². The molecule has 0 aromatic heterocycles. The molecule has 9 nitrogen and oxygen atoms in total. The van der Waals surface area contributed by atoms with Crippen molar-refractivity contribution in [2.75, 3.05) is 14.2 Å². The summed E-state index contributed by atoms with van der Waals surface area (Å²) in [5, 5.41) is 2.68. The van der Waals surface area contributed by atoms with Crippen LogP contribution in [0.5, 0.6) is 0 Å². The highest BCUT2D eigenvalue weighted by molar-refractivity contribution is 5.73. The molecule has 26 heavy (non-hydrogen) atoms. The summed E-state index contributed by atoms with van der Waals surface area (Å²) in [7, 11) is 2.79. The van der Waals surface area contributed by atoms with Crippen molar-refractivity contribution in [2.45, 2.75) is 83.1 Å². The van der Waals surface area contributed by atoms with Gasteiger partial charge in [0.15, 0.2) is 12.1 Å². The van der Waals surface area contributed by atoms with Crippen molar-refractivity contribution in [3.8, 4) is 0 Å². The SMILES string of the molecule is COC(=O)C[C@H](NC(=O)OC(C)(C)C)[C@H]1O[C@@H]2OC(C)(C)O[C@@H]2[C@@H]1OC. The Morgan fingerprint density at radius 3 is 2.38 bits per heavy atom. The average Bonchev–Trinajstić information content (AvgIpc) is 2.95. The van der Waals surface area contributed by atoms with Crippen molar-refractivity contribution in [2.24, 2.45) is 0 Å². The Morgan fingerprint density at radius 1 is 1.19 bits per heavy atom. The van der Waals surface area contributed by atoms with Gasteiger partial charge in [0.1, 0.15) is 23.9 Å². The fourth-order valence-electron chi connectivity index (χ4n) is 3.07. The average molecular weight is 375 g/mol. The number of carbonyl (C=O) groups excluding carboxylic acids is 2. The van der Waals surface area contributed by atoms with Gasteiger partial charge < -0.3 is 33.7 Å². The summed E-state index contributed by atoms with van der Waals surface area (Å²) in [6.45, 7) is 8.81. The van der Waals surface area contributed by atoms with Crippen LogP contribution in [0, 0.1) is 0 Å². The van der Waals surface area contributed by atoms with E-state index in [1.165, 1.54) is 14.2 Å².